The maximum atomic E-state index is 14.5. The van der Waals surface area contributed by atoms with Crippen LogP contribution < -0.4 is 0 Å². The molecule has 0 radical (unpaired) electrons. The Balaban J connectivity index is 2.22. The van der Waals surface area contributed by atoms with Crippen molar-refractivity contribution in [3.63, 3.8) is 0 Å². The summed E-state index contributed by atoms with van der Waals surface area (Å²) in [6, 6.07) is 0. The summed E-state index contributed by atoms with van der Waals surface area (Å²) in [5, 5.41) is 8.64. The fourth-order valence-electron chi connectivity index (χ4n) is 3.38. The maximum absolute atomic E-state index is 14.5. The molecule has 8 heteroatoms. The van der Waals surface area contributed by atoms with Crippen molar-refractivity contribution in [2.24, 2.45) is 0 Å². The average Bonchev–Trinajstić information content (AvgIpc) is 3.12. The van der Waals surface area contributed by atoms with E-state index in [1.54, 1.807) is 0 Å². The highest BCUT2D eigenvalue weighted by Gasteiger charge is 2.22. The molecule has 0 amide bonds. The third-order valence-electron chi connectivity index (χ3n) is 5.20. The average molecular weight is 458 g/mol. The van der Waals surface area contributed by atoms with Gasteiger partial charge in [-0.3, -0.25) is 0 Å². The zero-order chi connectivity index (χ0) is 23.6. The van der Waals surface area contributed by atoms with Crippen molar-refractivity contribution in [3.05, 3.63) is 23.3 Å². The van der Waals surface area contributed by atoms with E-state index in [4.69, 9.17) is 14.6 Å². The Hall–Kier alpha value is -2.09. The lowest BCUT2D eigenvalue weighted by Gasteiger charge is -2.13. The molecule has 0 fully saturated rings. The van der Waals surface area contributed by atoms with E-state index in [9.17, 15) is 14.0 Å². The van der Waals surface area contributed by atoms with E-state index in [0.717, 1.165) is 19.3 Å². The summed E-state index contributed by atoms with van der Waals surface area (Å²) in [7, 11) is 0. The first-order valence-corrected chi connectivity index (χ1v) is 12.0. The number of hydrogen-bond donors (Lipinski definition) is 2. The third kappa shape index (κ3) is 12.1. The lowest BCUT2D eigenvalue weighted by Crippen LogP contribution is -2.23. The number of aromatic amines is 1. The molecule has 32 heavy (non-hydrogen) atoms. The molecule has 184 valence electrons. The lowest BCUT2D eigenvalue weighted by molar-refractivity contribution is -0.0827. The van der Waals surface area contributed by atoms with E-state index < -0.39 is 24.2 Å². The van der Waals surface area contributed by atoms with Crippen molar-refractivity contribution >= 4 is 12.1 Å². The Morgan fingerprint density at radius 2 is 1.56 bits per heavy atom. The van der Waals surface area contributed by atoms with E-state index in [2.05, 4.69) is 16.6 Å². The van der Waals surface area contributed by atoms with Crippen LogP contribution in [0.4, 0.5) is 9.18 Å². The molecule has 0 saturated carbocycles. The number of carbonyl (C=O) groups excluding carboxylic acids is 2. The second kappa shape index (κ2) is 17.5. The van der Waals surface area contributed by atoms with Gasteiger partial charge in [0.15, 0.2) is 11.5 Å². The summed E-state index contributed by atoms with van der Waals surface area (Å²) >= 11 is 0. The highest BCUT2D eigenvalue weighted by molar-refractivity contribution is 5.88. The molecule has 7 nitrogen and oxygen atoms in total. The molecule has 1 aromatic heterocycles. The van der Waals surface area contributed by atoms with Gasteiger partial charge in [-0.1, -0.05) is 71.1 Å². The van der Waals surface area contributed by atoms with Crippen molar-refractivity contribution in [1.29, 1.82) is 0 Å². The van der Waals surface area contributed by atoms with Crippen molar-refractivity contribution < 1.29 is 33.3 Å². The molecule has 2 N–H and O–H groups in total. The Bertz CT molecular complexity index is 648. The number of hydrogen-bond acceptors (Lipinski definition) is 6. The highest BCUT2D eigenvalue weighted by Crippen LogP contribution is 2.18. The number of ether oxygens (including phenoxy) is 3. The van der Waals surface area contributed by atoms with Crippen LogP contribution in [0.1, 0.15) is 107 Å². The minimum Gasteiger partial charge on any atom is -0.434 e. The summed E-state index contributed by atoms with van der Waals surface area (Å²) in [5.41, 5.74) is 0.164. The number of halogens is 1. The van der Waals surface area contributed by atoms with Crippen LogP contribution in [0.25, 0.3) is 0 Å². The van der Waals surface area contributed by atoms with E-state index in [1.807, 2.05) is 0 Å². The molecule has 1 aromatic rings. The van der Waals surface area contributed by atoms with E-state index >= 15 is 0 Å². The van der Waals surface area contributed by atoms with Crippen LogP contribution in [0.2, 0.25) is 0 Å². The predicted octanol–water partition coefficient (Wildman–Crippen LogP) is 6.05. The second-order valence-electron chi connectivity index (χ2n) is 8.05. The number of unbranched alkanes of at least 4 members (excludes halogenated alkanes) is 10. The number of aliphatic hydroxyl groups excluding tert-OH is 1. The summed E-state index contributed by atoms with van der Waals surface area (Å²) in [6.45, 7) is 3.43. The zero-order valence-corrected chi connectivity index (χ0v) is 19.6. The van der Waals surface area contributed by atoms with Crippen LogP contribution >= 0.6 is 0 Å². The molecule has 1 heterocycles. The standard InChI is InChI=1S/C24H40FNO6/c1-3-4-5-6-7-8-9-10-11-12-13-15-20-18-26-22(21(20)25)23(28)31-19(2)32-24(29)30-17-14-16-27/h18-19,26-27H,3-17H2,1-2H3. The van der Waals surface area contributed by atoms with Crippen LogP contribution in [-0.2, 0) is 20.6 Å². The van der Waals surface area contributed by atoms with Gasteiger partial charge in [-0.15, -0.1) is 0 Å². The van der Waals surface area contributed by atoms with Gasteiger partial charge in [0.25, 0.3) is 0 Å². The second-order valence-corrected chi connectivity index (χ2v) is 8.05. The minimum atomic E-state index is -1.23. The third-order valence-corrected chi connectivity index (χ3v) is 5.20. The summed E-state index contributed by atoms with van der Waals surface area (Å²) in [6.07, 6.45) is 13.5. The first-order chi connectivity index (χ1) is 15.5. The lowest BCUT2D eigenvalue weighted by atomic mass is 10.0. The van der Waals surface area contributed by atoms with Gasteiger partial charge in [0.2, 0.25) is 6.29 Å². The molecular formula is C24H40FNO6. The molecular weight excluding hydrogens is 417 g/mol. The van der Waals surface area contributed by atoms with Gasteiger partial charge < -0.3 is 24.3 Å². The van der Waals surface area contributed by atoms with Gasteiger partial charge in [0.05, 0.1) is 6.61 Å². The van der Waals surface area contributed by atoms with Gasteiger partial charge in [-0.2, -0.15) is 0 Å². The summed E-state index contributed by atoms with van der Waals surface area (Å²) < 4.78 is 28.9. The van der Waals surface area contributed by atoms with Crippen molar-refractivity contribution in [1.82, 2.24) is 4.98 Å². The molecule has 1 rings (SSSR count). The van der Waals surface area contributed by atoms with Gasteiger partial charge in [0.1, 0.15) is 0 Å². The van der Waals surface area contributed by atoms with Crippen LogP contribution in [0.3, 0.4) is 0 Å². The monoisotopic (exact) mass is 457 g/mol. The molecule has 0 aliphatic rings. The van der Waals surface area contributed by atoms with Crippen LogP contribution in [0.5, 0.6) is 0 Å². The molecule has 0 bridgehead atoms. The fraction of sp³-hybridized carbons (Fsp3) is 0.750. The molecule has 0 aliphatic heterocycles. The van der Waals surface area contributed by atoms with Crippen molar-refractivity contribution in [2.75, 3.05) is 13.2 Å². The predicted molar refractivity (Wildman–Crippen MR) is 120 cm³/mol. The Morgan fingerprint density at radius 3 is 2.16 bits per heavy atom. The Morgan fingerprint density at radius 1 is 0.969 bits per heavy atom. The maximum Gasteiger partial charge on any atom is 0.511 e. The van der Waals surface area contributed by atoms with Gasteiger partial charge in [0, 0.05) is 31.7 Å². The summed E-state index contributed by atoms with van der Waals surface area (Å²) in [4.78, 5) is 26.1. The fourth-order valence-corrected chi connectivity index (χ4v) is 3.38. The number of nitrogens with one attached hydrogen (secondary N) is 1. The number of H-pyrrole nitrogens is 1. The number of rotatable bonds is 18. The quantitative estimate of drug-likeness (QED) is 0.158. The Labute approximate surface area is 191 Å². The number of esters is 1. The number of carbonyl (C=O) groups is 2. The number of aliphatic hydroxyl groups is 1. The molecule has 0 aliphatic carbocycles. The number of aryl methyl sites for hydroxylation is 1. The SMILES string of the molecule is CCCCCCCCCCCCCc1c[nH]c(C(=O)OC(C)OC(=O)OCCCO)c1F. The van der Waals surface area contributed by atoms with E-state index in [-0.39, 0.29) is 25.3 Å². The first-order valence-electron chi connectivity index (χ1n) is 12.0. The van der Waals surface area contributed by atoms with E-state index in [1.165, 1.54) is 64.5 Å². The van der Waals surface area contributed by atoms with Gasteiger partial charge in [-0.05, 0) is 12.8 Å². The summed E-state index contributed by atoms with van der Waals surface area (Å²) in [5.74, 6) is -1.57. The molecule has 0 saturated heterocycles. The molecule has 0 aromatic carbocycles. The molecule has 0 spiro atoms. The van der Waals surface area contributed by atoms with Crippen molar-refractivity contribution in [3.8, 4) is 0 Å². The normalized spacial score (nSPS) is 11.9. The number of aromatic nitrogens is 1. The zero-order valence-electron chi connectivity index (χ0n) is 19.6. The van der Waals surface area contributed by atoms with E-state index in [0.29, 0.717) is 12.0 Å². The largest absolute Gasteiger partial charge is 0.511 e. The van der Waals surface area contributed by atoms with Gasteiger partial charge in [-0.25, -0.2) is 14.0 Å². The van der Waals surface area contributed by atoms with Gasteiger partial charge >= 0.3 is 12.1 Å². The minimum absolute atomic E-state index is 0.0103. The molecule has 1 atom stereocenters. The first kappa shape index (κ1) is 27.9. The van der Waals surface area contributed by atoms with Crippen molar-refractivity contribution in [2.45, 2.75) is 104 Å². The topological polar surface area (TPSA) is 97.9 Å². The highest BCUT2D eigenvalue weighted by atomic mass is 19.1. The van der Waals surface area contributed by atoms with Crippen LogP contribution in [-0.4, -0.2) is 41.7 Å². The molecule has 1 unspecified atom stereocenters. The smallest absolute Gasteiger partial charge is 0.434 e. The Kier molecular flexibility index (Phi) is 15.2. The van der Waals surface area contributed by atoms with Crippen LogP contribution in [0, 0.1) is 5.82 Å². The van der Waals surface area contributed by atoms with Crippen LogP contribution in [0.15, 0.2) is 6.20 Å².